The first-order valence-electron chi connectivity index (χ1n) is 5.69. The molecule has 0 aromatic heterocycles. The van der Waals surface area contributed by atoms with Crippen LogP contribution in [0.1, 0.15) is 50.8 Å². The maximum atomic E-state index is 9.72. The second-order valence-corrected chi connectivity index (χ2v) is 5.30. The topological polar surface area (TPSA) is 20.2 Å². The zero-order valence-electron chi connectivity index (χ0n) is 10.5. The summed E-state index contributed by atoms with van der Waals surface area (Å²) < 4.78 is 0. The largest absolute Gasteiger partial charge is 0.508 e. The molecule has 0 spiro atoms. The SMILES string of the molecule is CCCc1cc(O)c(C)cc1C(C)(C)C. The summed E-state index contributed by atoms with van der Waals surface area (Å²) in [7, 11) is 0. The van der Waals surface area contributed by atoms with Gasteiger partial charge in [-0.2, -0.15) is 0 Å². The molecule has 1 rings (SSSR count). The Morgan fingerprint density at radius 2 is 1.80 bits per heavy atom. The van der Waals surface area contributed by atoms with Crippen molar-refractivity contribution >= 4 is 0 Å². The summed E-state index contributed by atoms with van der Waals surface area (Å²) in [6, 6.07) is 4.06. The molecule has 0 amide bonds. The summed E-state index contributed by atoms with van der Waals surface area (Å²) in [5, 5.41) is 9.72. The van der Waals surface area contributed by atoms with E-state index in [-0.39, 0.29) is 5.41 Å². The lowest BCUT2D eigenvalue weighted by atomic mass is 9.81. The van der Waals surface area contributed by atoms with E-state index in [1.807, 2.05) is 13.0 Å². The molecule has 0 heterocycles. The fraction of sp³-hybridized carbons (Fsp3) is 0.571. The molecule has 1 heteroatoms. The molecule has 1 aromatic carbocycles. The molecule has 0 fully saturated rings. The van der Waals surface area contributed by atoms with E-state index in [9.17, 15) is 5.11 Å². The van der Waals surface area contributed by atoms with Crippen molar-refractivity contribution in [3.05, 3.63) is 28.8 Å². The third-order valence-corrected chi connectivity index (χ3v) is 2.75. The van der Waals surface area contributed by atoms with E-state index < -0.39 is 0 Å². The maximum Gasteiger partial charge on any atom is 0.118 e. The highest BCUT2D eigenvalue weighted by Crippen LogP contribution is 2.31. The van der Waals surface area contributed by atoms with E-state index in [2.05, 4.69) is 33.8 Å². The van der Waals surface area contributed by atoms with Crippen molar-refractivity contribution in [2.24, 2.45) is 0 Å². The zero-order chi connectivity index (χ0) is 11.6. The van der Waals surface area contributed by atoms with Gasteiger partial charge in [-0.1, -0.05) is 40.2 Å². The van der Waals surface area contributed by atoms with Gasteiger partial charge in [0.05, 0.1) is 0 Å². The van der Waals surface area contributed by atoms with Crippen LogP contribution in [0, 0.1) is 6.92 Å². The van der Waals surface area contributed by atoms with E-state index in [4.69, 9.17) is 0 Å². The van der Waals surface area contributed by atoms with Gasteiger partial charge in [0.15, 0.2) is 0 Å². The van der Waals surface area contributed by atoms with Gasteiger partial charge in [-0.25, -0.2) is 0 Å². The third kappa shape index (κ3) is 2.74. The minimum absolute atomic E-state index is 0.156. The minimum atomic E-state index is 0.156. The Balaban J connectivity index is 3.28. The lowest BCUT2D eigenvalue weighted by Crippen LogP contribution is -2.14. The third-order valence-electron chi connectivity index (χ3n) is 2.75. The fourth-order valence-electron chi connectivity index (χ4n) is 1.91. The van der Waals surface area contributed by atoms with Crippen LogP contribution in [0.3, 0.4) is 0 Å². The van der Waals surface area contributed by atoms with Gasteiger partial charge in [0, 0.05) is 0 Å². The highest BCUT2D eigenvalue weighted by molar-refractivity contribution is 5.44. The molecule has 0 atom stereocenters. The zero-order valence-corrected chi connectivity index (χ0v) is 10.5. The van der Waals surface area contributed by atoms with Gasteiger partial charge in [-0.3, -0.25) is 0 Å². The van der Waals surface area contributed by atoms with Gasteiger partial charge in [-0.15, -0.1) is 0 Å². The van der Waals surface area contributed by atoms with Gasteiger partial charge in [0.2, 0.25) is 0 Å². The Morgan fingerprint density at radius 3 is 2.27 bits per heavy atom. The average Bonchev–Trinajstić information content (AvgIpc) is 2.09. The minimum Gasteiger partial charge on any atom is -0.508 e. The Hall–Kier alpha value is -0.980. The smallest absolute Gasteiger partial charge is 0.118 e. The number of benzene rings is 1. The van der Waals surface area contributed by atoms with Crippen LogP contribution in [-0.2, 0) is 11.8 Å². The number of phenols is 1. The van der Waals surface area contributed by atoms with Gasteiger partial charge >= 0.3 is 0 Å². The van der Waals surface area contributed by atoms with Crippen LogP contribution < -0.4 is 0 Å². The highest BCUT2D eigenvalue weighted by atomic mass is 16.3. The van der Waals surface area contributed by atoms with Crippen LogP contribution in [0.4, 0.5) is 0 Å². The average molecular weight is 206 g/mol. The molecule has 0 aliphatic rings. The first-order valence-corrected chi connectivity index (χ1v) is 5.69. The van der Waals surface area contributed by atoms with Gasteiger partial charge < -0.3 is 5.11 Å². The number of aromatic hydroxyl groups is 1. The molecule has 0 unspecified atom stereocenters. The van der Waals surface area contributed by atoms with E-state index in [0.717, 1.165) is 18.4 Å². The molecule has 1 N–H and O–H groups in total. The van der Waals surface area contributed by atoms with Crippen LogP contribution in [0.5, 0.6) is 5.75 Å². The molecule has 0 saturated heterocycles. The molecule has 15 heavy (non-hydrogen) atoms. The molecule has 0 radical (unpaired) electrons. The van der Waals surface area contributed by atoms with Crippen LogP contribution in [-0.4, -0.2) is 5.11 Å². The monoisotopic (exact) mass is 206 g/mol. The van der Waals surface area contributed by atoms with Crippen molar-refractivity contribution in [2.45, 2.75) is 52.9 Å². The van der Waals surface area contributed by atoms with Gasteiger partial charge in [0.1, 0.15) is 5.75 Å². The van der Waals surface area contributed by atoms with Crippen molar-refractivity contribution in [1.29, 1.82) is 0 Å². The van der Waals surface area contributed by atoms with Crippen LogP contribution in [0.25, 0.3) is 0 Å². The van der Waals surface area contributed by atoms with Crippen LogP contribution in [0.2, 0.25) is 0 Å². The van der Waals surface area contributed by atoms with Gasteiger partial charge in [-0.05, 0) is 41.5 Å². The molecule has 84 valence electrons. The van der Waals surface area contributed by atoms with E-state index in [0.29, 0.717) is 5.75 Å². The summed E-state index contributed by atoms with van der Waals surface area (Å²) in [5.41, 5.74) is 3.77. The lowest BCUT2D eigenvalue weighted by Gasteiger charge is -2.24. The van der Waals surface area contributed by atoms with Crippen molar-refractivity contribution < 1.29 is 5.11 Å². The molecule has 0 bridgehead atoms. The Kier molecular flexibility index (Phi) is 3.43. The summed E-state index contributed by atoms with van der Waals surface area (Å²) in [6.07, 6.45) is 2.16. The van der Waals surface area contributed by atoms with E-state index in [1.165, 1.54) is 11.1 Å². The first-order chi connectivity index (χ1) is 6.86. The molecular weight excluding hydrogens is 184 g/mol. The summed E-state index contributed by atoms with van der Waals surface area (Å²) in [6.45, 7) is 10.8. The Labute approximate surface area is 93.1 Å². The summed E-state index contributed by atoms with van der Waals surface area (Å²) in [5.74, 6) is 0.423. The molecule has 0 aliphatic heterocycles. The predicted molar refractivity (Wildman–Crippen MR) is 65.5 cm³/mol. The second-order valence-electron chi connectivity index (χ2n) is 5.30. The van der Waals surface area contributed by atoms with E-state index in [1.54, 1.807) is 0 Å². The van der Waals surface area contributed by atoms with Crippen molar-refractivity contribution in [3.8, 4) is 5.75 Å². The van der Waals surface area contributed by atoms with Crippen molar-refractivity contribution in [2.75, 3.05) is 0 Å². The molecular formula is C14H22O. The highest BCUT2D eigenvalue weighted by Gasteiger charge is 2.18. The number of hydrogen-bond donors (Lipinski definition) is 1. The second kappa shape index (κ2) is 4.26. The standard InChI is InChI=1S/C14H22O/c1-6-7-11-9-13(15)10(2)8-12(11)14(3,4)5/h8-9,15H,6-7H2,1-5H3. The van der Waals surface area contributed by atoms with Gasteiger partial charge in [0.25, 0.3) is 0 Å². The van der Waals surface area contributed by atoms with Crippen molar-refractivity contribution in [3.63, 3.8) is 0 Å². The molecule has 0 aliphatic carbocycles. The summed E-state index contributed by atoms with van der Waals surface area (Å²) >= 11 is 0. The van der Waals surface area contributed by atoms with E-state index >= 15 is 0 Å². The normalized spacial score (nSPS) is 11.8. The summed E-state index contributed by atoms with van der Waals surface area (Å²) in [4.78, 5) is 0. The molecule has 1 aromatic rings. The number of phenolic OH excluding ortho intramolecular Hbond substituents is 1. The first kappa shape index (κ1) is 12.1. The number of aryl methyl sites for hydroxylation is 2. The maximum absolute atomic E-state index is 9.72. The number of rotatable bonds is 2. The van der Waals surface area contributed by atoms with Crippen molar-refractivity contribution in [1.82, 2.24) is 0 Å². The predicted octanol–water partition coefficient (Wildman–Crippen LogP) is 3.95. The number of hydrogen-bond acceptors (Lipinski definition) is 1. The van der Waals surface area contributed by atoms with Crippen LogP contribution in [0.15, 0.2) is 12.1 Å². The Morgan fingerprint density at radius 1 is 1.20 bits per heavy atom. The fourth-order valence-corrected chi connectivity index (χ4v) is 1.91. The quantitative estimate of drug-likeness (QED) is 0.776. The Bertz CT molecular complexity index is 345. The molecule has 1 nitrogen and oxygen atoms in total. The lowest BCUT2D eigenvalue weighted by molar-refractivity contribution is 0.468. The molecule has 0 saturated carbocycles. The van der Waals surface area contributed by atoms with Crippen LogP contribution >= 0.6 is 0 Å².